The molecular weight excluding hydrogens is 168 g/mol. The molecule has 0 unspecified atom stereocenters. The van der Waals surface area contributed by atoms with Crippen LogP contribution in [-0.4, -0.2) is 47.7 Å². The van der Waals surface area contributed by atoms with E-state index in [9.17, 15) is 9.90 Å². The van der Waals surface area contributed by atoms with Gasteiger partial charge in [0.25, 0.3) is 0 Å². The summed E-state index contributed by atoms with van der Waals surface area (Å²) in [6, 6.07) is 0.0226. The number of likely N-dealkylation sites (N-methyl/N-ethyl adjacent to an activating group) is 1. The molecule has 4 heteroatoms. The third-order valence-corrected chi connectivity index (χ3v) is 2.53. The van der Waals surface area contributed by atoms with Gasteiger partial charge in [-0.15, -0.1) is 0 Å². The lowest BCUT2D eigenvalue weighted by atomic mass is 10.1. The number of rotatable bonds is 2. The smallest absolute Gasteiger partial charge is 0.239 e. The summed E-state index contributed by atoms with van der Waals surface area (Å²) in [5.74, 6) is 0.0755. The van der Waals surface area contributed by atoms with Crippen LogP contribution in [0, 0.1) is 0 Å². The number of aliphatic hydroxyl groups excluding tert-OH is 1. The average molecular weight is 186 g/mol. The summed E-state index contributed by atoms with van der Waals surface area (Å²) in [6.07, 6.45) is 0.171. The zero-order valence-corrected chi connectivity index (χ0v) is 8.45. The molecule has 1 aliphatic rings. The first-order chi connectivity index (χ1) is 6.02. The molecule has 1 heterocycles. The predicted octanol–water partition coefficient (Wildman–Crippen LogP) is -0.424. The Balaban J connectivity index is 2.48. The predicted molar refractivity (Wildman–Crippen MR) is 50.3 cm³/mol. The van der Waals surface area contributed by atoms with Crippen LogP contribution >= 0.6 is 0 Å². The minimum absolute atomic E-state index is 0.0755. The Kier molecular flexibility index (Phi) is 3.27. The molecule has 1 saturated heterocycles. The molecule has 0 bridgehead atoms. The fourth-order valence-electron chi connectivity index (χ4n) is 1.41. The Bertz CT molecular complexity index is 194. The summed E-state index contributed by atoms with van der Waals surface area (Å²) in [5.41, 5.74) is 0. The number of amides is 1. The molecule has 4 nitrogen and oxygen atoms in total. The number of aliphatic hydroxyl groups is 1. The van der Waals surface area contributed by atoms with Gasteiger partial charge in [0.2, 0.25) is 5.91 Å². The monoisotopic (exact) mass is 186 g/mol. The Morgan fingerprint density at radius 1 is 1.62 bits per heavy atom. The lowest BCUT2D eigenvalue weighted by molar-refractivity contribution is -0.133. The highest BCUT2D eigenvalue weighted by molar-refractivity contribution is 5.82. The molecule has 1 aliphatic heterocycles. The second-order valence-corrected chi connectivity index (χ2v) is 3.89. The second-order valence-electron chi connectivity index (χ2n) is 3.89. The van der Waals surface area contributed by atoms with E-state index in [1.165, 1.54) is 0 Å². The van der Waals surface area contributed by atoms with Crippen molar-refractivity contribution in [3.05, 3.63) is 0 Å². The summed E-state index contributed by atoms with van der Waals surface area (Å²) in [6.45, 7) is 4.48. The summed E-state index contributed by atoms with van der Waals surface area (Å²) in [4.78, 5) is 13.4. The van der Waals surface area contributed by atoms with Crippen molar-refractivity contribution in [2.75, 3.05) is 13.6 Å². The van der Waals surface area contributed by atoms with Gasteiger partial charge in [-0.05, 0) is 20.3 Å². The van der Waals surface area contributed by atoms with E-state index in [0.29, 0.717) is 13.0 Å². The minimum Gasteiger partial charge on any atom is -0.392 e. The van der Waals surface area contributed by atoms with Crippen LogP contribution in [0.5, 0.6) is 0 Å². The largest absolute Gasteiger partial charge is 0.392 e. The van der Waals surface area contributed by atoms with Crippen molar-refractivity contribution in [1.82, 2.24) is 10.2 Å². The van der Waals surface area contributed by atoms with Gasteiger partial charge in [-0.1, -0.05) is 0 Å². The molecular formula is C9H18N2O2. The highest BCUT2D eigenvalue weighted by Gasteiger charge is 2.30. The van der Waals surface area contributed by atoms with Crippen LogP contribution in [0.25, 0.3) is 0 Å². The Morgan fingerprint density at radius 3 is 2.62 bits per heavy atom. The normalized spacial score (nSPS) is 28.1. The van der Waals surface area contributed by atoms with Crippen molar-refractivity contribution in [3.63, 3.8) is 0 Å². The first-order valence-corrected chi connectivity index (χ1v) is 4.70. The molecule has 0 aromatic rings. The number of hydrogen-bond donors (Lipinski definition) is 2. The van der Waals surface area contributed by atoms with Crippen molar-refractivity contribution in [2.24, 2.45) is 0 Å². The second kappa shape index (κ2) is 4.07. The number of hydrogen-bond acceptors (Lipinski definition) is 3. The van der Waals surface area contributed by atoms with Gasteiger partial charge in [0.05, 0.1) is 12.1 Å². The van der Waals surface area contributed by atoms with Crippen LogP contribution in [0.1, 0.15) is 20.3 Å². The van der Waals surface area contributed by atoms with Crippen LogP contribution in [0.2, 0.25) is 0 Å². The quantitative estimate of drug-likeness (QED) is 0.615. The highest BCUT2D eigenvalue weighted by Crippen LogP contribution is 2.10. The average Bonchev–Trinajstić information content (AvgIpc) is 2.49. The SMILES string of the molecule is CC(C)N(C)C(=O)[C@H]1C[C@H](O)CN1. The zero-order chi connectivity index (χ0) is 10.0. The number of carbonyl (C=O) groups is 1. The van der Waals surface area contributed by atoms with E-state index in [0.717, 1.165) is 0 Å². The van der Waals surface area contributed by atoms with Gasteiger partial charge in [0.15, 0.2) is 0 Å². The van der Waals surface area contributed by atoms with E-state index >= 15 is 0 Å². The van der Waals surface area contributed by atoms with Crippen LogP contribution in [-0.2, 0) is 4.79 Å². The third-order valence-electron chi connectivity index (χ3n) is 2.53. The molecule has 76 valence electrons. The molecule has 1 rings (SSSR count). The topological polar surface area (TPSA) is 52.6 Å². The Labute approximate surface area is 78.9 Å². The van der Waals surface area contributed by atoms with Crippen LogP contribution < -0.4 is 5.32 Å². The summed E-state index contributed by atoms with van der Waals surface area (Å²) < 4.78 is 0. The molecule has 0 aliphatic carbocycles. The van der Waals surface area contributed by atoms with E-state index in [1.54, 1.807) is 11.9 Å². The maximum atomic E-state index is 11.7. The highest BCUT2D eigenvalue weighted by atomic mass is 16.3. The molecule has 1 fully saturated rings. The number of nitrogens with zero attached hydrogens (tertiary/aromatic N) is 1. The maximum Gasteiger partial charge on any atom is 0.239 e. The van der Waals surface area contributed by atoms with E-state index in [2.05, 4.69) is 5.32 Å². The summed E-state index contributed by atoms with van der Waals surface area (Å²) in [7, 11) is 1.79. The molecule has 2 N–H and O–H groups in total. The number of nitrogens with one attached hydrogen (secondary N) is 1. The molecule has 0 aromatic carbocycles. The Hall–Kier alpha value is -0.610. The van der Waals surface area contributed by atoms with E-state index in [-0.39, 0.29) is 24.1 Å². The van der Waals surface area contributed by atoms with Crippen molar-refractivity contribution in [1.29, 1.82) is 0 Å². The molecule has 1 amide bonds. The fourth-order valence-corrected chi connectivity index (χ4v) is 1.41. The van der Waals surface area contributed by atoms with Crippen molar-refractivity contribution in [3.8, 4) is 0 Å². The van der Waals surface area contributed by atoms with Gasteiger partial charge in [-0.2, -0.15) is 0 Å². The summed E-state index contributed by atoms with van der Waals surface area (Å²) in [5, 5.41) is 12.2. The van der Waals surface area contributed by atoms with Crippen molar-refractivity contribution < 1.29 is 9.90 Å². The molecule has 0 aromatic heterocycles. The van der Waals surface area contributed by atoms with Gasteiger partial charge in [-0.3, -0.25) is 4.79 Å². The first-order valence-electron chi connectivity index (χ1n) is 4.70. The van der Waals surface area contributed by atoms with Gasteiger partial charge < -0.3 is 15.3 Å². The summed E-state index contributed by atoms with van der Waals surface area (Å²) >= 11 is 0. The zero-order valence-electron chi connectivity index (χ0n) is 8.45. The van der Waals surface area contributed by atoms with Gasteiger partial charge in [0, 0.05) is 19.6 Å². The van der Waals surface area contributed by atoms with Gasteiger partial charge in [0.1, 0.15) is 0 Å². The lowest BCUT2D eigenvalue weighted by Gasteiger charge is -2.24. The van der Waals surface area contributed by atoms with Crippen LogP contribution in [0.15, 0.2) is 0 Å². The van der Waals surface area contributed by atoms with E-state index in [4.69, 9.17) is 0 Å². The molecule has 0 radical (unpaired) electrons. The maximum absolute atomic E-state index is 11.7. The van der Waals surface area contributed by atoms with E-state index < -0.39 is 0 Å². The molecule has 0 saturated carbocycles. The van der Waals surface area contributed by atoms with E-state index in [1.807, 2.05) is 13.8 Å². The van der Waals surface area contributed by atoms with Gasteiger partial charge >= 0.3 is 0 Å². The van der Waals surface area contributed by atoms with Crippen LogP contribution in [0.4, 0.5) is 0 Å². The third kappa shape index (κ3) is 2.42. The molecule has 13 heavy (non-hydrogen) atoms. The van der Waals surface area contributed by atoms with Crippen molar-refractivity contribution in [2.45, 2.75) is 38.5 Å². The Morgan fingerprint density at radius 2 is 2.23 bits per heavy atom. The van der Waals surface area contributed by atoms with Crippen molar-refractivity contribution >= 4 is 5.91 Å². The fraction of sp³-hybridized carbons (Fsp3) is 0.889. The van der Waals surface area contributed by atoms with Gasteiger partial charge in [-0.25, -0.2) is 0 Å². The number of β-amino-alcohol motifs (C(OH)–C–C–N with tert-alkyl or cyclic N) is 1. The lowest BCUT2D eigenvalue weighted by Crippen LogP contribution is -2.44. The number of carbonyl (C=O) groups excluding carboxylic acids is 1. The minimum atomic E-state index is -0.366. The molecule has 0 spiro atoms. The van der Waals surface area contributed by atoms with Crippen LogP contribution in [0.3, 0.4) is 0 Å². The first kappa shape index (κ1) is 10.5. The molecule has 2 atom stereocenters. The standard InChI is InChI=1S/C9H18N2O2/c1-6(2)11(3)9(13)8-4-7(12)5-10-8/h6-8,10,12H,4-5H2,1-3H3/t7-,8+/m0/s1.